The van der Waals surface area contributed by atoms with Gasteiger partial charge in [-0.2, -0.15) is 13.2 Å². The van der Waals surface area contributed by atoms with Crippen molar-refractivity contribution >= 4 is 23.5 Å². The summed E-state index contributed by atoms with van der Waals surface area (Å²) >= 11 is 6.50. The molecule has 4 nitrogen and oxygen atoms in total. The largest absolute Gasteiger partial charge is 0.408 e. The minimum absolute atomic E-state index is 0.0439. The van der Waals surface area contributed by atoms with Crippen LogP contribution in [0.4, 0.5) is 13.2 Å². The molecule has 0 saturated carbocycles. The molecule has 1 aliphatic rings. The topological polar surface area (TPSA) is 43.3 Å². The number of aromatic nitrogens is 1. The van der Waals surface area contributed by atoms with Gasteiger partial charge in [-0.1, -0.05) is 23.7 Å². The maximum absolute atomic E-state index is 13.4. The number of pyridine rings is 1. The van der Waals surface area contributed by atoms with Crippen molar-refractivity contribution in [3.8, 4) is 0 Å². The van der Waals surface area contributed by atoms with Crippen LogP contribution in [-0.2, 0) is 17.9 Å². The highest BCUT2D eigenvalue weighted by atomic mass is 35.5. The Morgan fingerprint density at radius 2 is 1.96 bits per heavy atom. The summed E-state index contributed by atoms with van der Waals surface area (Å²) in [5, 5.41) is 0.361. The Morgan fingerprint density at radius 1 is 1.24 bits per heavy atom. The van der Waals surface area contributed by atoms with Gasteiger partial charge in [-0.05, 0) is 35.7 Å². The zero-order valence-corrected chi connectivity index (χ0v) is 14.4. The van der Waals surface area contributed by atoms with Gasteiger partial charge in [0.05, 0.1) is 13.2 Å². The van der Waals surface area contributed by atoms with Gasteiger partial charge in [-0.3, -0.25) is 4.79 Å². The average molecular weight is 391 g/mol. The summed E-state index contributed by atoms with van der Waals surface area (Å²) in [6, 6.07) is 6.56. The molecule has 0 aliphatic carbocycles. The third-order valence-corrected chi connectivity index (χ3v) is 4.80. The van der Waals surface area contributed by atoms with Crippen molar-refractivity contribution in [1.29, 1.82) is 0 Å². The lowest BCUT2D eigenvalue weighted by Gasteiger charge is -2.22. The van der Waals surface area contributed by atoms with Crippen molar-refractivity contribution in [3.63, 3.8) is 0 Å². The van der Waals surface area contributed by atoms with Gasteiger partial charge in [0.2, 0.25) is 0 Å². The Balaban J connectivity index is 1.81. The first kappa shape index (κ1) is 18.3. The Hall–Kier alpha value is -1.48. The highest BCUT2D eigenvalue weighted by Gasteiger charge is 2.40. The molecular formula is C16H14ClF3N2O2S. The number of halogens is 4. The monoisotopic (exact) mass is 390 g/mol. The predicted octanol–water partition coefficient (Wildman–Crippen LogP) is 3.93. The standard InChI is InChI=1S/C16H14ClF3N2O2S/c17-11-3-1-10(2-4-11)15(16(18,19)20)21-25-13-7-12-9-24-6-5-22(12)14(23)8-13/h1-4,7-8,15,21H,5-6,9H2. The molecule has 2 aromatic rings. The van der Waals surface area contributed by atoms with Crippen LogP contribution in [0.2, 0.25) is 5.02 Å². The van der Waals surface area contributed by atoms with Crippen LogP contribution in [0.1, 0.15) is 17.3 Å². The molecule has 0 amide bonds. The smallest absolute Gasteiger partial charge is 0.373 e. The van der Waals surface area contributed by atoms with E-state index in [1.165, 1.54) is 30.3 Å². The number of fused-ring (bicyclic) bond motifs is 1. The highest BCUT2D eigenvalue weighted by molar-refractivity contribution is 7.97. The van der Waals surface area contributed by atoms with Crippen LogP contribution in [-0.4, -0.2) is 17.4 Å². The molecule has 1 atom stereocenters. The highest BCUT2D eigenvalue weighted by Crippen LogP contribution is 2.35. The molecule has 0 fully saturated rings. The second-order valence-corrected chi connectivity index (χ2v) is 6.82. The Kier molecular flexibility index (Phi) is 5.43. The van der Waals surface area contributed by atoms with Gasteiger partial charge in [0, 0.05) is 28.2 Å². The van der Waals surface area contributed by atoms with Gasteiger partial charge >= 0.3 is 6.18 Å². The van der Waals surface area contributed by atoms with Crippen molar-refractivity contribution in [2.45, 2.75) is 30.3 Å². The van der Waals surface area contributed by atoms with Gasteiger partial charge in [0.25, 0.3) is 5.56 Å². The molecule has 9 heteroatoms. The third-order valence-electron chi connectivity index (χ3n) is 3.72. The van der Waals surface area contributed by atoms with Crippen LogP contribution in [0.3, 0.4) is 0 Å². The Labute approximate surface area is 151 Å². The third kappa shape index (κ3) is 4.38. The fourth-order valence-corrected chi connectivity index (χ4v) is 3.50. The summed E-state index contributed by atoms with van der Waals surface area (Å²) < 4.78 is 49.4. The number of rotatable bonds is 4. The molecule has 1 N–H and O–H groups in total. The summed E-state index contributed by atoms with van der Waals surface area (Å²) in [5.74, 6) is 0. The fraction of sp³-hybridized carbons (Fsp3) is 0.312. The molecule has 25 heavy (non-hydrogen) atoms. The minimum atomic E-state index is -4.49. The van der Waals surface area contributed by atoms with Gasteiger partial charge in [-0.15, -0.1) is 0 Å². The number of hydrogen-bond donors (Lipinski definition) is 1. The molecule has 2 heterocycles. The van der Waals surface area contributed by atoms with Gasteiger partial charge in [0.1, 0.15) is 6.04 Å². The number of alkyl halides is 3. The molecule has 0 bridgehead atoms. The lowest BCUT2D eigenvalue weighted by Crippen LogP contribution is -2.31. The summed E-state index contributed by atoms with van der Waals surface area (Å²) in [6.45, 7) is 1.16. The van der Waals surface area contributed by atoms with Crippen molar-refractivity contribution < 1.29 is 17.9 Å². The zero-order chi connectivity index (χ0) is 18.0. The molecule has 0 saturated heterocycles. The van der Waals surface area contributed by atoms with E-state index in [0.29, 0.717) is 28.8 Å². The Bertz CT molecular complexity index is 809. The first-order valence-corrected chi connectivity index (χ1v) is 8.60. The molecule has 0 spiro atoms. The van der Waals surface area contributed by atoms with Crippen molar-refractivity contribution in [3.05, 3.63) is 63.0 Å². The van der Waals surface area contributed by atoms with Gasteiger partial charge in [0.15, 0.2) is 0 Å². The van der Waals surface area contributed by atoms with E-state index in [0.717, 1.165) is 11.9 Å². The number of nitrogens with zero attached hydrogens (tertiary/aromatic N) is 1. The lowest BCUT2D eigenvalue weighted by atomic mass is 10.1. The van der Waals surface area contributed by atoms with Crippen LogP contribution in [0.5, 0.6) is 0 Å². The van der Waals surface area contributed by atoms with Crippen LogP contribution in [0, 0.1) is 0 Å². The van der Waals surface area contributed by atoms with E-state index < -0.39 is 12.2 Å². The van der Waals surface area contributed by atoms with Crippen LogP contribution < -0.4 is 10.3 Å². The van der Waals surface area contributed by atoms with E-state index in [2.05, 4.69) is 4.72 Å². The fourth-order valence-electron chi connectivity index (χ4n) is 2.50. The maximum atomic E-state index is 13.4. The summed E-state index contributed by atoms with van der Waals surface area (Å²) in [7, 11) is 0. The molecule has 3 rings (SSSR count). The lowest BCUT2D eigenvalue weighted by molar-refractivity contribution is -0.152. The molecular weight excluding hydrogens is 377 g/mol. The van der Waals surface area contributed by atoms with Crippen LogP contribution in [0.15, 0.2) is 46.1 Å². The average Bonchev–Trinajstić information content (AvgIpc) is 2.55. The van der Waals surface area contributed by atoms with Crippen LogP contribution in [0.25, 0.3) is 0 Å². The normalized spacial score (nSPS) is 15.7. The van der Waals surface area contributed by atoms with Gasteiger partial charge in [-0.25, -0.2) is 4.72 Å². The van der Waals surface area contributed by atoms with E-state index in [1.54, 1.807) is 10.6 Å². The maximum Gasteiger partial charge on any atom is 0.408 e. The first-order chi connectivity index (χ1) is 11.8. The molecule has 1 unspecified atom stereocenters. The minimum Gasteiger partial charge on any atom is -0.373 e. The van der Waals surface area contributed by atoms with E-state index in [-0.39, 0.29) is 17.7 Å². The molecule has 134 valence electrons. The number of ether oxygens (including phenoxy) is 1. The van der Waals surface area contributed by atoms with Crippen molar-refractivity contribution in [1.82, 2.24) is 9.29 Å². The number of benzene rings is 1. The Morgan fingerprint density at radius 3 is 2.64 bits per heavy atom. The van der Waals surface area contributed by atoms with Crippen molar-refractivity contribution in [2.24, 2.45) is 0 Å². The molecule has 1 aromatic carbocycles. The summed E-state index contributed by atoms with van der Waals surface area (Å²) in [4.78, 5) is 12.5. The second-order valence-electron chi connectivity index (χ2n) is 5.47. The van der Waals surface area contributed by atoms with E-state index in [9.17, 15) is 18.0 Å². The van der Waals surface area contributed by atoms with Crippen molar-refractivity contribution in [2.75, 3.05) is 6.61 Å². The summed E-state index contributed by atoms with van der Waals surface area (Å²) in [5.41, 5.74) is 0.445. The molecule has 1 aliphatic heterocycles. The second kappa shape index (κ2) is 7.41. The van der Waals surface area contributed by atoms with E-state index in [4.69, 9.17) is 16.3 Å². The SMILES string of the molecule is O=c1cc(SNC(c2ccc(Cl)cc2)C(F)(F)F)cc2n1CCOC2. The first-order valence-electron chi connectivity index (χ1n) is 7.40. The molecule has 0 radical (unpaired) electrons. The quantitative estimate of drug-likeness (QED) is 0.803. The summed E-state index contributed by atoms with van der Waals surface area (Å²) in [6.07, 6.45) is -4.49. The molecule has 1 aromatic heterocycles. The van der Waals surface area contributed by atoms with Crippen LogP contribution >= 0.6 is 23.5 Å². The van der Waals surface area contributed by atoms with E-state index >= 15 is 0 Å². The predicted molar refractivity (Wildman–Crippen MR) is 89.6 cm³/mol. The van der Waals surface area contributed by atoms with E-state index in [1.807, 2.05) is 0 Å². The number of hydrogen-bond acceptors (Lipinski definition) is 4. The van der Waals surface area contributed by atoms with Gasteiger partial charge < -0.3 is 9.30 Å². The number of nitrogens with one attached hydrogen (secondary N) is 1. The zero-order valence-electron chi connectivity index (χ0n) is 12.8.